The monoisotopic (exact) mass is 465 g/mol. The summed E-state index contributed by atoms with van der Waals surface area (Å²) in [6, 6.07) is 4.67. The quantitative estimate of drug-likeness (QED) is 0.445. The van der Waals surface area contributed by atoms with Crippen molar-refractivity contribution in [1.82, 2.24) is 34.3 Å². The molecule has 1 saturated heterocycles. The third kappa shape index (κ3) is 5.61. The lowest BCUT2D eigenvalue weighted by Gasteiger charge is -2.30. The molecule has 0 aliphatic carbocycles. The Hall–Kier alpha value is -3.27. The maximum atomic E-state index is 12.0. The zero-order valence-corrected chi connectivity index (χ0v) is 20.5. The van der Waals surface area contributed by atoms with Crippen LogP contribution in [-0.2, 0) is 11.3 Å². The van der Waals surface area contributed by atoms with Gasteiger partial charge in [0.15, 0.2) is 17.0 Å². The van der Waals surface area contributed by atoms with Gasteiger partial charge in [-0.2, -0.15) is 9.97 Å². The van der Waals surface area contributed by atoms with Crippen LogP contribution in [0, 0.1) is 0 Å². The van der Waals surface area contributed by atoms with E-state index in [1.54, 1.807) is 18.7 Å². The maximum absolute atomic E-state index is 12.0. The summed E-state index contributed by atoms with van der Waals surface area (Å²) in [5.41, 5.74) is 2.33. The van der Waals surface area contributed by atoms with Crippen molar-refractivity contribution in [1.29, 1.82) is 0 Å². The largest absolute Gasteiger partial charge is 0.367 e. The van der Waals surface area contributed by atoms with Gasteiger partial charge >= 0.3 is 0 Å². The number of amides is 1. The number of nitrogens with zero attached hydrogens (tertiary/aromatic N) is 7. The minimum Gasteiger partial charge on any atom is -0.367 e. The molecule has 0 saturated carbocycles. The van der Waals surface area contributed by atoms with Gasteiger partial charge in [0.2, 0.25) is 11.9 Å². The third-order valence-electron chi connectivity index (χ3n) is 6.17. The molecule has 2 N–H and O–H groups in total. The summed E-state index contributed by atoms with van der Waals surface area (Å²) in [6.45, 7) is 12.6. The molecule has 0 unspecified atom stereocenters. The Kier molecular flexibility index (Phi) is 7.56. The molecule has 0 bridgehead atoms. The summed E-state index contributed by atoms with van der Waals surface area (Å²) in [6.07, 6.45) is 6.82. The van der Waals surface area contributed by atoms with E-state index in [1.165, 1.54) is 0 Å². The van der Waals surface area contributed by atoms with Crippen LogP contribution >= 0.6 is 0 Å². The van der Waals surface area contributed by atoms with Crippen LogP contribution in [0.15, 0.2) is 30.9 Å². The first-order valence-electron chi connectivity index (χ1n) is 12.1. The SMILES string of the molecule is CC(C)N(CCNc1nc(Nc2ccncc2)nc2c1ncn2CCN1CCCC1=O)C(C)C. The van der Waals surface area contributed by atoms with Crippen molar-refractivity contribution in [3.05, 3.63) is 30.9 Å². The van der Waals surface area contributed by atoms with E-state index in [0.717, 1.165) is 42.9 Å². The predicted octanol–water partition coefficient (Wildman–Crippen LogP) is 3.12. The number of aromatic nitrogens is 5. The van der Waals surface area contributed by atoms with Crippen molar-refractivity contribution < 1.29 is 4.79 Å². The number of imidazole rings is 1. The van der Waals surface area contributed by atoms with Gasteiger partial charge in [0.25, 0.3) is 0 Å². The van der Waals surface area contributed by atoms with Gasteiger partial charge in [-0.25, -0.2) is 4.98 Å². The fourth-order valence-electron chi connectivity index (χ4n) is 4.44. The number of likely N-dealkylation sites (tertiary alicyclic amines) is 1. The van der Waals surface area contributed by atoms with Gasteiger partial charge in [-0.15, -0.1) is 0 Å². The van der Waals surface area contributed by atoms with E-state index in [0.29, 0.717) is 43.4 Å². The van der Waals surface area contributed by atoms with Crippen molar-refractivity contribution in [2.45, 2.75) is 59.2 Å². The van der Waals surface area contributed by atoms with E-state index in [1.807, 2.05) is 21.6 Å². The van der Waals surface area contributed by atoms with Crippen LogP contribution < -0.4 is 10.6 Å². The lowest BCUT2D eigenvalue weighted by molar-refractivity contribution is -0.127. The van der Waals surface area contributed by atoms with Gasteiger partial charge in [0, 0.05) is 69.3 Å². The minimum atomic E-state index is 0.223. The van der Waals surface area contributed by atoms with Crippen LogP contribution in [0.25, 0.3) is 11.2 Å². The molecule has 1 aliphatic heterocycles. The Morgan fingerprint density at radius 3 is 2.53 bits per heavy atom. The molecule has 0 atom stereocenters. The Bertz CT molecular complexity index is 1090. The number of carbonyl (C=O) groups is 1. The summed E-state index contributed by atoms with van der Waals surface area (Å²) < 4.78 is 2.00. The van der Waals surface area contributed by atoms with Gasteiger partial charge in [0.1, 0.15) is 0 Å². The van der Waals surface area contributed by atoms with Crippen LogP contribution in [-0.4, -0.2) is 78.5 Å². The van der Waals surface area contributed by atoms with Crippen LogP contribution in [0.4, 0.5) is 17.5 Å². The van der Waals surface area contributed by atoms with E-state index in [4.69, 9.17) is 9.97 Å². The first-order valence-corrected chi connectivity index (χ1v) is 12.1. The van der Waals surface area contributed by atoms with Gasteiger partial charge in [-0.1, -0.05) is 0 Å². The predicted molar refractivity (Wildman–Crippen MR) is 134 cm³/mol. The highest BCUT2D eigenvalue weighted by Crippen LogP contribution is 2.23. The summed E-state index contributed by atoms with van der Waals surface area (Å²) >= 11 is 0. The molecule has 0 spiro atoms. The first-order chi connectivity index (χ1) is 16.4. The molecule has 4 heterocycles. The highest BCUT2D eigenvalue weighted by Gasteiger charge is 2.21. The van der Waals surface area contributed by atoms with Gasteiger partial charge in [0.05, 0.1) is 6.33 Å². The number of hydrogen-bond donors (Lipinski definition) is 2. The van der Waals surface area contributed by atoms with E-state index >= 15 is 0 Å². The molecular weight excluding hydrogens is 430 g/mol. The molecular formula is C24H35N9O. The second kappa shape index (κ2) is 10.8. The summed E-state index contributed by atoms with van der Waals surface area (Å²) in [5, 5.41) is 6.76. The number of anilines is 3. The zero-order valence-electron chi connectivity index (χ0n) is 20.5. The molecule has 0 radical (unpaired) electrons. The van der Waals surface area contributed by atoms with Crippen molar-refractivity contribution in [3.63, 3.8) is 0 Å². The Morgan fingerprint density at radius 1 is 1.09 bits per heavy atom. The molecule has 182 valence electrons. The molecule has 3 aromatic rings. The van der Waals surface area contributed by atoms with E-state index in [2.05, 4.69) is 53.2 Å². The smallest absolute Gasteiger partial charge is 0.231 e. The molecule has 1 amide bonds. The minimum absolute atomic E-state index is 0.223. The lowest BCUT2D eigenvalue weighted by atomic mass is 10.2. The second-order valence-corrected chi connectivity index (χ2v) is 9.20. The Balaban J connectivity index is 1.57. The molecule has 0 aromatic carbocycles. The maximum Gasteiger partial charge on any atom is 0.231 e. The van der Waals surface area contributed by atoms with Gasteiger partial charge in [-0.05, 0) is 46.2 Å². The lowest BCUT2D eigenvalue weighted by Crippen LogP contribution is -2.40. The summed E-state index contributed by atoms with van der Waals surface area (Å²) in [5.74, 6) is 1.41. The number of nitrogens with one attached hydrogen (secondary N) is 2. The summed E-state index contributed by atoms with van der Waals surface area (Å²) in [4.78, 5) is 34.6. The van der Waals surface area contributed by atoms with Crippen molar-refractivity contribution >= 4 is 34.5 Å². The normalized spacial score (nSPS) is 14.2. The number of fused-ring (bicyclic) bond motifs is 1. The number of carbonyl (C=O) groups excluding carboxylic acids is 1. The highest BCUT2D eigenvalue weighted by molar-refractivity contribution is 5.84. The van der Waals surface area contributed by atoms with E-state index in [9.17, 15) is 4.79 Å². The van der Waals surface area contributed by atoms with Crippen LogP contribution in [0.1, 0.15) is 40.5 Å². The van der Waals surface area contributed by atoms with Crippen molar-refractivity contribution in [2.24, 2.45) is 0 Å². The zero-order chi connectivity index (χ0) is 24.1. The fourth-order valence-corrected chi connectivity index (χ4v) is 4.44. The average molecular weight is 466 g/mol. The Labute approximate surface area is 200 Å². The van der Waals surface area contributed by atoms with Crippen LogP contribution in [0.2, 0.25) is 0 Å². The molecule has 1 fully saturated rings. The number of pyridine rings is 1. The molecule has 34 heavy (non-hydrogen) atoms. The number of hydrogen-bond acceptors (Lipinski definition) is 8. The highest BCUT2D eigenvalue weighted by atomic mass is 16.2. The standard InChI is InChI=1S/C24H35N9O/c1-17(2)33(18(3)4)13-11-26-22-21-23(30-24(29-22)28-19-7-9-25-10-8-19)32(16-27-21)15-14-31-12-5-6-20(31)34/h7-10,16-18H,5-6,11-15H2,1-4H3,(H2,25,26,28,29,30). The van der Waals surface area contributed by atoms with Crippen molar-refractivity contribution in [3.8, 4) is 0 Å². The topological polar surface area (TPSA) is 104 Å². The third-order valence-corrected chi connectivity index (χ3v) is 6.17. The molecule has 10 nitrogen and oxygen atoms in total. The Morgan fingerprint density at radius 2 is 1.85 bits per heavy atom. The second-order valence-electron chi connectivity index (χ2n) is 9.20. The van der Waals surface area contributed by atoms with Crippen LogP contribution in [0.5, 0.6) is 0 Å². The summed E-state index contributed by atoms with van der Waals surface area (Å²) in [7, 11) is 0. The van der Waals surface area contributed by atoms with E-state index in [-0.39, 0.29) is 5.91 Å². The van der Waals surface area contributed by atoms with Crippen LogP contribution in [0.3, 0.4) is 0 Å². The molecule has 3 aromatic heterocycles. The first kappa shape index (κ1) is 23.9. The average Bonchev–Trinajstić information content (AvgIpc) is 3.41. The van der Waals surface area contributed by atoms with Gasteiger partial charge < -0.3 is 20.1 Å². The number of rotatable bonds is 11. The van der Waals surface area contributed by atoms with Crippen molar-refractivity contribution in [2.75, 3.05) is 36.8 Å². The van der Waals surface area contributed by atoms with Gasteiger partial charge in [-0.3, -0.25) is 14.7 Å². The fraction of sp³-hybridized carbons (Fsp3) is 0.542. The molecule has 4 rings (SSSR count). The van der Waals surface area contributed by atoms with E-state index < -0.39 is 0 Å². The molecule has 10 heteroatoms. The molecule has 1 aliphatic rings.